The third-order valence-electron chi connectivity index (χ3n) is 3.93. The van der Waals surface area contributed by atoms with Crippen LogP contribution < -0.4 is 15.9 Å². The van der Waals surface area contributed by atoms with Crippen molar-refractivity contribution in [3.8, 4) is 5.75 Å². The summed E-state index contributed by atoms with van der Waals surface area (Å²) in [6, 6.07) is 5.73. The van der Waals surface area contributed by atoms with E-state index in [0.717, 1.165) is 6.07 Å². The van der Waals surface area contributed by atoms with Gasteiger partial charge in [0, 0.05) is 16.1 Å². The van der Waals surface area contributed by atoms with Gasteiger partial charge in [0.05, 0.1) is 12.5 Å². The van der Waals surface area contributed by atoms with E-state index in [0.29, 0.717) is 10.6 Å². The SMILES string of the molecule is CCOC(=O)C1=C(N)Oc2c(oc(CO)cc2=O)[C@H]1c1cc(Cl)ccc1Cl. The third kappa shape index (κ3) is 3.53. The fourth-order valence-electron chi connectivity index (χ4n) is 2.82. The molecule has 0 amide bonds. The highest BCUT2D eigenvalue weighted by molar-refractivity contribution is 6.33. The number of hydrogen-bond donors (Lipinski definition) is 2. The van der Waals surface area contributed by atoms with Gasteiger partial charge in [0.2, 0.25) is 17.1 Å². The molecule has 0 saturated heterocycles. The van der Waals surface area contributed by atoms with Gasteiger partial charge in [-0.05, 0) is 30.7 Å². The minimum atomic E-state index is -1.00. The van der Waals surface area contributed by atoms with Crippen LogP contribution in [0.4, 0.5) is 0 Å². The standard InChI is InChI=1S/C18H15Cl2NO6/c1-2-25-18(24)14-13(10-5-8(19)3-4-11(10)20)16-15(27-17(14)21)12(23)6-9(7-22)26-16/h3-6,13,22H,2,7,21H2,1H3/t13-/m0/s1. The number of aliphatic hydroxyl groups is 1. The fraction of sp³-hybridized carbons (Fsp3) is 0.222. The zero-order valence-electron chi connectivity index (χ0n) is 14.1. The van der Waals surface area contributed by atoms with Gasteiger partial charge in [-0.25, -0.2) is 4.79 Å². The zero-order valence-corrected chi connectivity index (χ0v) is 15.6. The number of esters is 1. The van der Waals surface area contributed by atoms with Crippen LogP contribution in [0.3, 0.4) is 0 Å². The van der Waals surface area contributed by atoms with E-state index in [9.17, 15) is 14.7 Å². The van der Waals surface area contributed by atoms with Crippen LogP contribution in [0, 0.1) is 0 Å². The molecule has 142 valence electrons. The molecule has 2 heterocycles. The van der Waals surface area contributed by atoms with Crippen LogP contribution in [0.2, 0.25) is 10.0 Å². The van der Waals surface area contributed by atoms with Gasteiger partial charge in [0.25, 0.3) is 0 Å². The molecular formula is C18H15Cl2NO6. The van der Waals surface area contributed by atoms with Crippen molar-refractivity contribution in [2.24, 2.45) is 5.73 Å². The van der Waals surface area contributed by atoms with Crippen LogP contribution in [-0.4, -0.2) is 17.7 Å². The van der Waals surface area contributed by atoms with Crippen LogP contribution in [0.25, 0.3) is 0 Å². The molecule has 1 aliphatic rings. The summed E-state index contributed by atoms with van der Waals surface area (Å²) >= 11 is 12.4. The lowest BCUT2D eigenvalue weighted by Gasteiger charge is -2.27. The van der Waals surface area contributed by atoms with Crippen molar-refractivity contribution < 1.29 is 23.8 Å². The Morgan fingerprint density at radius 2 is 2.07 bits per heavy atom. The number of carbonyl (C=O) groups is 1. The van der Waals surface area contributed by atoms with Gasteiger partial charge in [-0.3, -0.25) is 4.79 Å². The Kier molecular flexibility index (Phi) is 5.46. The first-order chi connectivity index (χ1) is 12.9. The summed E-state index contributed by atoms with van der Waals surface area (Å²) in [5.41, 5.74) is 5.67. The molecule has 0 fully saturated rings. The molecule has 1 atom stereocenters. The lowest BCUT2D eigenvalue weighted by molar-refractivity contribution is -0.139. The van der Waals surface area contributed by atoms with E-state index in [4.69, 9.17) is 42.8 Å². The number of benzene rings is 1. The number of ether oxygens (including phenoxy) is 2. The highest BCUT2D eigenvalue weighted by atomic mass is 35.5. The molecule has 0 unspecified atom stereocenters. The maximum Gasteiger partial charge on any atom is 0.340 e. The molecule has 0 aliphatic carbocycles. The van der Waals surface area contributed by atoms with Gasteiger partial charge < -0.3 is 24.7 Å². The normalized spacial score (nSPS) is 15.9. The van der Waals surface area contributed by atoms with Crippen LogP contribution in [0.15, 0.2) is 44.9 Å². The Labute approximate surface area is 163 Å². The molecule has 3 N–H and O–H groups in total. The summed E-state index contributed by atoms with van der Waals surface area (Å²) in [4.78, 5) is 24.9. The summed E-state index contributed by atoms with van der Waals surface area (Å²) in [6.45, 7) is 1.21. The topological polar surface area (TPSA) is 112 Å². The van der Waals surface area contributed by atoms with Gasteiger partial charge >= 0.3 is 5.97 Å². The predicted octanol–water partition coefficient (Wildman–Crippen LogP) is 2.70. The van der Waals surface area contributed by atoms with E-state index in [-0.39, 0.29) is 40.4 Å². The molecular weight excluding hydrogens is 397 g/mol. The van der Waals surface area contributed by atoms with E-state index in [1.54, 1.807) is 19.1 Å². The minimum absolute atomic E-state index is 0.00539. The number of rotatable bonds is 4. The van der Waals surface area contributed by atoms with Gasteiger partial charge in [-0.1, -0.05) is 23.2 Å². The van der Waals surface area contributed by atoms with Gasteiger partial charge in [0.1, 0.15) is 17.9 Å². The first-order valence-electron chi connectivity index (χ1n) is 7.94. The first kappa shape index (κ1) is 19.3. The average molecular weight is 412 g/mol. The van der Waals surface area contributed by atoms with Gasteiger partial charge in [0.15, 0.2) is 5.76 Å². The smallest absolute Gasteiger partial charge is 0.340 e. The second-order valence-electron chi connectivity index (χ2n) is 5.63. The van der Waals surface area contributed by atoms with Crippen molar-refractivity contribution in [3.63, 3.8) is 0 Å². The van der Waals surface area contributed by atoms with E-state index >= 15 is 0 Å². The third-order valence-corrected chi connectivity index (χ3v) is 4.51. The number of aliphatic hydroxyl groups excluding tert-OH is 1. The predicted molar refractivity (Wildman–Crippen MR) is 97.7 cm³/mol. The second kappa shape index (κ2) is 7.64. The van der Waals surface area contributed by atoms with Crippen LogP contribution in [-0.2, 0) is 16.1 Å². The highest BCUT2D eigenvalue weighted by Crippen LogP contribution is 2.44. The minimum Gasteiger partial charge on any atom is -0.462 e. The Hall–Kier alpha value is -2.48. The van der Waals surface area contributed by atoms with Gasteiger partial charge in [-0.2, -0.15) is 0 Å². The van der Waals surface area contributed by atoms with Crippen LogP contribution in [0.5, 0.6) is 5.75 Å². The molecule has 27 heavy (non-hydrogen) atoms. The van der Waals surface area contributed by atoms with Gasteiger partial charge in [-0.15, -0.1) is 0 Å². The molecule has 1 aromatic carbocycles. The largest absolute Gasteiger partial charge is 0.462 e. The number of nitrogens with two attached hydrogens (primary N) is 1. The second-order valence-corrected chi connectivity index (χ2v) is 6.47. The lowest BCUT2D eigenvalue weighted by Crippen LogP contribution is -2.30. The molecule has 0 radical (unpaired) electrons. The number of carbonyl (C=O) groups excluding carboxylic acids is 1. The van der Waals surface area contributed by atoms with E-state index in [2.05, 4.69) is 0 Å². The Balaban J connectivity index is 2.33. The van der Waals surface area contributed by atoms with Crippen molar-refractivity contribution in [1.82, 2.24) is 0 Å². The highest BCUT2D eigenvalue weighted by Gasteiger charge is 2.40. The monoisotopic (exact) mass is 411 g/mol. The Bertz CT molecular complexity index is 998. The van der Waals surface area contributed by atoms with E-state index in [1.165, 1.54) is 6.07 Å². The van der Waals surface area contributed by atoms with Crippen molar-refractivity contribution in [2.75, 3.05) is 6.61 Å². The molecule has 0 spiro atoms. The summed E-state index contributed by atoms with van der Waals surface area (Å²) < 4.78 is 16.1. The molecule has 2 aromatic rings. The van der Waals surface area contributed by atoms with Crippen molar-refractivity contribution in [2.45, 2.75) is 19.4 Å². The molecule has 9 heteroatoms. The quantitative estimate of drug-likeness (QED) is 0.743. The average Bonchev–Trinajstić information content (AvgIpc) is 2.63. The van der Waals surface area contributed by atoms with E-state index < -0.39 is 23.9 Å². The fourth-order valence-corrected chi connectivity index (χ4v) is 3.22. The first-order valence-corrected chi connectivity index (χ1v) is 8.70. The summed E-state index contributed by atoms with van der Waals surface area (Å²) in [7, 11) is 0. The van der Waals surface area contributed by atoms with Crippen molar-refractivity contribution >= 4 is 29.2 Å². The summed E-state index contributed by atoms with van der Waals surface area (Å²) in [5, 5.41) is 10.0. The maximum atomic E-state index is 12.6. The molecule has 3 rings (SSSR count). The Morgan fingerprint density at radius 3 is 2.74 bits per heavy atom. The molecule has 7 nitrogen and oxygen atoms in total. The maximum absolute atomic E-state index is 12.6. The molecule has 1 aromatic heterocycles. The zero-order chi connectivity index (χ0) is 19.7. The number of halogens is 2. The van der Waals surface area contributed by atoms with E-state index in [1.807, 2.05) is 0 Å². The summed E-state index contributed by atoms with van der Waals surface area (Å²) in [6.07, 6.45) is 0. The number of fused-ring (bicyclic) bond motifs is 1. The molecule has 0 saturated carbocycles. The van der Waals surface area contributed by atoms with Crippen LogP contribution in [0.1, 0.15) is 29.9 Å². The molecule has 0 bridgehead atoms. The summed E-state index contributed by atoms with van der Waals surface area (Å²) in [5.74, 6) is -2.27. The Morgan fingerprint density at radius 1 is 1.33 bits per heavy atom. The van der Waals surface area contributed by atoms with Crippen molar-refractivity contribution in [1.29, 1.82) is 0 Å². The lowest BCUT2D eigenvalue weighted by atomic mass is 9.86. The van der Waals surface area contributed by atoms with Crippen molar-refractivity contribution in [3.05, 3.63) is 73.1 Å². The van der Waals surface area contributed by atoms with Crippen LogP contribution >= 0.6 is 23.2 Å². The molecule has 1 aliphatic heterocycles. The number of hydrogen-bond acceptors (Lipinski definition) is 7.